The molecule has 0 radical (unpaired) electrons. The number of methoxy groups -OCH3 is 1. The number of amides is 2. The molecule has 0 bridgehead atoms. The van der Waals surface area contributed by atoms with Crippen molar-refractivity contribution in [3.8, 4) is 0 Å². The van der Waals surface area contributed by atoms with Crippen LogP contribution in [-0.2, 0) is 14.3 Å². The molecule has 7 heteroatoms. The van der Waals surface area contributed by atoms with Crippen LogP contribution < -0.4 is 5.32 Å². The molecule has 1 aromatic rings. The van der Waals surface area contributed by atoms with Crippen molar-refractivity contribution in [2.45, 2.75) is 25.3 Å². The lowest BCUT2D eigenvalue weighted by Crippen LogP contribution is -2.30. The molecule has 2 aliphatic rings. The summed E-state index contributed by atoms with van der Waals surface area (Å²) in [6, 6.07) is 2.01. The van der Waals surface area contributed by atoms with Crippen LogP contribution in [-0.4, -0.2) is 42.4 Å². The molecule has 2 amide bonds. The van der Waals surface area contributed by atoms with Gasteiger partial charge in [-0.3, -0.25) is 9.59 Å². The summed E-state index contributed by atoms with van der Waals surface area (Å²) < 4.78 is 4.67. The van der Waals surface area contributed by atoms with E-state index in [4.69, 9.17) is 0 Å². The van der Waals surface area contributed by atoms with Crippen LogP contribution in [0.15, 0.2) is 11.4 Å². The van der Waals surface area contributed by atoms with Crippen LogP contribution in [0.2, 0.25) is 0 Å². The fourth-order valence-corrected chi connectivity index (χ4v) is 3.31. The largest absolute Gasteiger partial charge is 0.465 e. The zero-order valence-corrected chi connectivity index (χ0v) is 12.4. The average Bonchev–Trinajstić information content (AvgIpc) is 3.08. The van der Waals surface area contributed by atoms with Gasteiger partial charge in [0.05, 0.1) is 18.7 Å². The van der Waals surface area contributed by atoms with Gasteiger partial charge in [0.2, 0.25) is 11.8 Å². The van der Waals surface area contributed by atoms with Crippen LogP contribution >= 0.6 is 11.3 Å². The van der Waals surface area contributed by atoms with Crippen LogP contribution in [0.3, 0.4) is 0 Å². The summed E-state index contributed by atoms with van der Waals surface area (Å²) in [6.07, 6.45) is 2.33. The van der Waals surface area contributed by atoms with Gasteiger partial charge in [0.1, 0.15) is 4.88 Å². The number of carbonyl (C=O) groups is 3. The maximum Gasteiger partial charge on any atom is 0.350 e. The number of rotatable bonds is 4. The highest BCUT2D eigenvalue weighted by atomic mass is 32.1. The first-order valence-corrected chi connectivity index (χ1v) is 7.74. The molecule has 0 spiro atoms. The molecule has 1 aliphatic carbocycles. The Morgan fingerprint density at radius 3 is 2.86 bits per heavy atom. The van der Waals surface area contributed by atoms with Gasteiger partial charge in [0.25, 0.3) is 0 Å². The van der Waals surface area contributed by atoms with Crippen molar-refractivity contribution < 1.29 is 19.1 Å². The molecule has 2 fully saturated rings. The van der Waals surface area contributed by atoms with E-state index in [-0.39, 0.29) is 24.2 Å². The molecule has 3 rings (SSSR count). The average molecular weight is 308 g/mol. The molecule has 21 heavy (non-hydrogen) atoms. The fraction of sp³-hybridized carbons (Fsp3) is 0.500. The van der Waals surface area contributed by atoms with Crippen molar-refractivity contribution in [3.63, 3.8) is 0 Å². The van der Waals surface area contributed by atoms with Gasteiger partial charge in [-0.25, -0.2) is 4.79 Å². The Labute approximate surface area is 126 Å². The fourth-order valence-electron chi connectivity index (χ4n) is 2.54. The zero-order valence-electron chi connectivity index (χ0n) is 11.6. The summed E-state index contributed by atoms with van der Waals surface area (Å²) in [5, 5.41) is 4.46. The van der Waals surface area contributed by atoms with Crippen molar-refractivity contribution in [1.29, 1.82) is 0 Å². The van der Waals surface area contributed by atoms with Crippen LogP contribution in [0.4, 0.5) is 5.69 Å². The summed E-state index contributed by atoms with van der Waals surface area (Å²) in [6.45, 7) is 0.479. The van der Waals surface area contributed by atoms with Gasteiger partial charge >= 0.3 is 5.97 Å². The SMILES string of the molecule is COC(=O)c1sccc1NC(=O)C1CC(=O)N(C2CC2)C1. The minimum Gasteiger partial charge on any atom is -0.465 e. The van der Waals surface area contributed by atoms with Gasteiger partial charge in [-0.2, -0.15) is 0 Å². The molecule has 0 aromatic carbocycles. The Morgan fingerprint density at radius 2 is 2.19 bits per heavy atom. The Morgan fingerprint density at radius 1 is 1.43 bits per heavy atom. The van der Waals surface area contributed by atoms with Crippen LogP contribution in [0, 0.1) is 5.92 Å². The normalized spacial score (nSPS) is 21.5. The van der Waals surface area contributed by atoms with E-state index >= 15 is 0 Å². The molecule has 6 nitrogen and oxygen atoms in total. The molecule has 1 saturated carbocycles. The summed E-state index contributed by atoms with van der Waals surface area (Å²) in [5.74, 6) is -0.975. The first kappa shape index (κ1) is 14.1. The van der Waals surface area contributed by atoms with Gasteiger partial charge < -0.3 is 15.0 Å². The maximum atomic E-state index is 12.3. The second-order valence-electron chi connectivity index (χ2n) is 5.32. The van der Waals surface area contributed by atoms with E-state index in [2.05, 4.69) is 10.1 Å². The molecule has 1 saturated heterocycles. The van der Waals surface area contributed by atoms with Gasteiger partial charge in [0.15, 0.2) is 0 Å². The van der Waals surface area contributed by atoms with E-state index in [1.54, 1.807) is 16.3 Å². The first-order valence-electron chi connectivity index (χ1n) is 6.86. The number of hydrogen-bond acceptors (Lipinski definition) is 5. The summed E-state index contributed by atoms with van der Waals surface area (Å²) >= 11 is 1.22. The van der Waals surface area contributed by atoms with Gasteiger partial charge in [0, 0.05) is 19.0 Å². The molecule has 1 unspecified atom stereocenters. The molecular formula is C14H16N2O4S. The number of nitrogens with one attached hydrogen (secondary N) is 1. The number of thiophene rings is 1. The molecular weight excluding hydrogens is 292 g/mol. The van der Waals surface area contributed by atoms with Crippen LogP contribution in [0.25, 0.3) is 0 Å². The summed E-state index contributed by atoms with van der Waals surface area (Å²) in [4.78, 5) is 37.9. The highest BCUT2D eigenvalue weighted by Crippen LogP contribution is 2.33. The summed E-state index contributed by atoms with van der Waals surface area (Å²) in [5.41, 5.74) is 0.453. The number of ether oxygens (including phenoxy) is 1. The zero-order chi connectivity index (χ0) is 15.0. The number of likely N-dealkylation sites (tertiary alicyclic amines) is 1. The van der Waals surface area contributed by atoms with Gasteiger partial charge in [-0.1, -0.05) is 0 Å². The van der Waals surface area contributed by atoms with Crippen molar-refractivity contribution in [3.05, 3.63) is 16.3 Å². The lowest BCUT2D eigenvalue weighted by Gasteiger charge is -2.15. The van der Waals surface area contributed by atoms with Crippen molar-refractivity contribution in [2.24, 2.45) is 5.92 Å². The number of anilines is 1. The molecule has 1 aromatic heterocycles. The predicted molar refractivity (Wildman–Crippen MR) is 77.1 cm³/mol. The maximum absolute atomic E-state index is 12.3. The second kappa shape index (κ2) is 5.48. The highest BCUT2D eigenvalue weighted by Gasteiger charge is 2.41. The minimum atomic E-state index is -0.470. The topological polar surface area (TPSA) is 75.7 Å². The molecule has 112 valence electrons. The Hall–Kier alpha value is -1.89. The second-order valence-corrected chi connectivity index (χ2v) is 6.24. The lowest BCUT2D eigenvalue weighted by molar-refractivity contribution is -0.128. The van der Waals surface area contributed by atoms with Gasteiger partial charge in [-0.15, -0.1) is 11.3 Å². The number of esters is 1. The van der Waals surface area contributed by atoms with Crippen molar-refractivity contribution in [2.75, 3.05) is 19.0 Å². The number of carbonyl (C=O) groups excluding carboxylic acids is 3. The van der Waals surface area contributed by atoms with E-state index in [1.165, 1.54) is 18.4 Å². The number of nitrogens with zero attached hydrogens (tertiary/aromatic N) is 1. The predicted octanol–water partition coefficient (Wildman–Crippen LogP) is 1.48. The quantitative estimate of drug-likeness (QED) is 0.855. The van der Waals surface area contributed by atoms with Crippen LogP contribution in [0.1, 0.15) is 28.9 Å². The van der Waals surface area contributed by atoms with Gasteiger partial charge in [-0.05, 0) is 24.3 Å². The van der Waals surface area contributed by atoms with E-state index in [1.807, 2.05) is 0 Å². The monoisotopic (exact) mass is 308 g/mol. The smallest absolute Gasteiger partial charge is 0.350 e. The van der Waals surface area contributed by atoms with Crippen LogP contribution in [0.5, 0.6) is 0 Å². The molecule has 1 atom stereocenters. The van der Waals surface area contributed by atoms with Crippen molar-refractivity contribution >= 4 is 34.8 Å². The molecule has 1 aliphatic heterocycles. The third-order valence-electron chi connectivity index (χ3n) is 3.81. The minimum absolute atomic E-state index is 0.0520. The number of hydrogen-bond donors (Lipinski definition) is 1. The van der Waals surface area contributed by atoms with E-state index in [0.717, 1.165) is 12.8 Å². The standard InChI is InChI=1S/C14H16N2O4S/c1-20-14(19)12-10(4-5-21-12)15-13(18)8-6-11(17)16(7-8)9-2-3-9/h4-5,8-9H,2-3,6-7H2,1H3,(H,15,18). The van der Waals surface area contributed by atoms with E-state index in [9.17, 15) is 14.4 Å². The third-order valence-corrected chi connectivity index (χ3v) is 4.71. The Balaban J connectivity index is 1.66. The molecule has 2 heterocycles. The van der Waals surface area contributed by atoms with Crippen molar-refractivity contribution in [1.82, 2.24) is 4.90 Å². The Kier molecular flexibility index (Phi) is 3.67. The highest BCUT2D eigenvalue weighted by molar-refractivity contribution is 7.12. The Bertz CT molecular complexity index is 594. The summed E-state index contributed by atoms with van der Waals surface area (Å²) in [7, 11) is 1.30. The van der Waals surface area contributed by atoms with E-state index in [0.29, 0.717) is 23.2 Å². The first-order chi connectivity index (χ1) is 10.1. The molecule has 1 N–H and O–H groups in total. The van der Waals surface area contributed by atoms with E-state index < -0.39 is 5.97 Å². The third kappa shape index (κ3) is 2.78. The lowest BCUT2D eigenvalue weighted by atomic mass is 10.1.